The van der Waals surface area contributed by atoms with Crippen molar-refractivity contribution in [3.05, 3.63) is 16.8 Å². The van der Waals surface area contributed by atoms with E-state index >= 15 is 0 Å². The van der Waals surface area contributed by atoms with Gasteiger partial charge >= 0.3 is 6.18 Å². The number of nitrogens with one attached hydrogen (secondary N) is 2. The van der Waals surface area contributed by atoms with Crippen LogP contribution in [0.15, 0.2) is 6.07 Å². The van der Waals surface area contributed by atoms with Gasteiger partial charge < -0.3 is 5.32 Å². The number of fused-ring (bicyclic) bond motifs is 1. The Kier molecular flexibility index (Phi) is 3.71. The lowest BCUT2D eigenvalue weighted by molar-refractivity contribution is -0.174. The highest BCUT2D eigenvalue weighted by molar-refractivity contribution is 7.15. The standard InChI is InChI=1S/C14H15F3N6OS/c1-6-20-21-13(25-6)19-12(24)9-5-11-18-8(7-2-3-7)4-10(14(15,16)17)23(11)22-9/h5,7-8,10,18H,2-4H2,1H3,(H,19,21,24)/t8-,10-/m0/s1. The highest BCUT2D eigenvalue weighted by Crippen LogP contribution is 2.45. The lowest BCUT2D eigenvalue weighted by Crippen LogP contribution is -2.40. The van der Waals surface area contributed by atoms with Crippen molar-refractivity contribution in [3.63, 3.8) is 0 Å². The van der Waals surface area contributed by atoms with Gasteiger partial charge in [-0.3, -0.25) is 10.1 Å². The number of carbonyl (C=O) groups is 1. The fourth-order valence-corrected chi connectivity index (χ4v) is 3.62. The van der Waals surface area contributed by atoms with Gasteiger partial charge in [-0.15, -0.1) is 10.2 Å². The summed E-state index contributed by atoms with van der Waals surface area (Å²) < 4.78 is 41.2. The second-order valence-corrected chi connectivity index (χ2v) is 7.50. The van der Waals surface area contributed by atoms with Crippen LogP contribution in [0.2, 0.25) is 0 Å². The molecule has 2 aliphatic rings. The highest BCUT2D eigenvalue weighted by atomic mass is 32.1. The first-order valence-corrected chi connectivity index (χ1v) is 8.67. The molecule has 0 radical (unpaired) electrons. The second-order valence-electron chi connectivity index (χ2n) is 6.32. The van der Waals surface area contributed by atoms with Crippen LogP contribution in [0, 0.1) is 12.8 Å². The molecular weight excluding hydrogens is 357 g/mol. The number of alkyl halides is 3. The van der Waals surface area contributed by atoms with Crippen LogP contribution in [0.25, 0.3) is 0 Å². The molecule has 11 heteroatoms. The van der Waals surface area contributed by atoms with Gasteiger partial charge in [-0.05, 0) is 32.1 Å². The average molecular weight is 372 g/mol. The third-order valence-electron chi connectivity index (χ3n) is 4.39. The minimum atomic E-state index is -4.42. The maximum Gasteiger partial charge on any atom is 0.410 e. The van der Waals surface area contributed by atoms with Crippen molar-refractivity contribution >= 4 is 28.2 Å². The predicted molar refractivity (Wildman–Crippen MR) is 84.7 cm³/mol. The maximum absolute atomic E-state index is 13.4. The molecule has 7 nitrogen and oxygen atoms in total. The Bertz CT molecular complexity index is 812. The summed E-state index contributed by atoms with van der Waals surface area (Å²) in [6.07, 6.45) is -2.63. The Morgan fingerprint density at radius 3 is 2.76 bits per heavy atom. The first-order valence-electron chi connectivity index (χ1n) is 7.85. The lowest BCUT2D eigenvalue weighted by atomic mass is 10.0. The summed E-state index contributed by atoms with van der Waals surface area (Å²) in [4.78, 5) is 12.3. The number of carbonyl (C=O) groups excluding carboxylic acids is 1. The van der Waals surface area contributed by atoms with Crippen molar-refractivity contribution in [3.8, 4) is 0 Å². The van der Waals surface area contributed by atoms with Crippen LogP contribution in [-0.2, 0) is 0 Å². The summed E-state index contributed by atoms with van der Waals surface area (Å²) >= 11 is 1.18. The molecule has 0 saturated heterocycles. The van der Waals surface area contributed by atoms with Crippen LogP contribution in [0.1, 0.15) is 40.8 Å². The van der Waals surface area contributed by atoms with E-state index in [1.807, 2.05) is 0 Å². The summed E-state index contributed by atoms with van der Waals surface area (Å²) in [7, 11) is 0. The maximum atomic E-state index is 13.4. The molecular formula is C14H15F3N6OS. The molecule has 2 aromatic heterocycles. The SMILES string of the molecule is Cc1nnc(NC(=O)c2cc3n(n2)[C@H](C(F)(F)F)C[C@@H](C2CC2)N3)s1. The Balaban J connectivity index is 1.61. The van der Waals surface area contributed by atoms with Gasteiger partial charge in [0.1, 0.15) is 10.8 Å². The average Bonchev–Trinajstić information content (AvgIpc) is 3.17. The van der Waals surface area contributed by atoms with Gasteiger partial charge in [0, 0.05) is 12.1 Å². The van der Waals surface area contributed by atoms with Crippen LogP contribution in [0.3, 0.4) is 0 Å². The van der Waals surface area contributed by atoms with Crippen molar-refractivity contribution in [1.29, 1.82) is 0 Å². The molecule has 2 N–H and O–H groups in total. The van der Waals surface area contributed by atoms with Gasteiger partial charge in [-0.25, -0.2) is 4.68 Å². The number of nitrogens with zero attached hydrogens (tertiary/aromatic N) is 4. The minimum absolute atomic E-state index is 0.0699. The molecule has 1 saturated carbocycles. The molecule has 4 rings (SSSR count). The first kappa shape index (κ1) is 16.3. The van der Waals surface area contributed by atoms with E-state index < -0.39 is 18.1 Å². The summed E-state index contributed by atoms with van der Waals surface area (Å²) in [6, 6.07) is -0.603. The van der Waals surface area contributed by atoms with Crippen LogP contribution >= 0.6 is 11.3 Å². The Labute approximate surface area is 144 Å². The van der Waals surface area contributed by atoms with Gasteiger partial charge in [0.2, 0.25) is 5.13 Å². The fourth-order valence-electron chi connectivity index (χ4n) is 3.03. The van der Waals surface area contributed by atoms with Crippen LogP contribution in [0.5, 0.6) is 0 Å². The number of anilines is 2. The normalized spacial score (nSPS) is 23.0. The molecule has 0 bridgehead atoms. The van der Waals surface area contributed by atoms with Gasteiger partial charge in [0.15, 0.2) is 11.7 Å². The molecule has 134 valence electrons. The molecule has 0 aromatic carbocycles. The van der Waals surface area contributed by atoms with E-state index in [1.165, 1.54) is 17.4 Å². The lowest BCUT2D eigenvalue weighted by Gasteiger charge is -2.33. The van der Waals surface area contributed by atoms with E-state index in [2.05, 4.69) is 25.9 Å². The van der Waals surface area contributed by atoms with E-state index in [4.69, 9.17) is 0 Å². The van der Waals surface area contributed by atoms with Gasteiger partial charge in [0.05, 0.1) is 0 Å². The molecule has 1 fully saturated rings. The quantitative estimate of drug-likeness (QED) is 0.865. The number of halogens is 3. The zero-order valence-electron chi connectivity index (χ0n) is 13.2. The summed E-state index contributed by atoms with van der Waals surface area (Å²) in [5.41, 5.74) is -0.0824. The molecule has 1 aliphatic carbocycles. The van der Waals surface area contributed by atoms with E-state index in [0.29, 0.717) is 5.01 Å². The summed E-state index contributed by atoms with van der Waals surface area (Å²) in [5.74, 6) is -0.122. The van der Waals surface area contributed by atoms with E-state index in [9.17, 15) is 18.0 Å². The number of aryl methyl sites for hydroxylation is 1. The summed E-state index contributed by atoms with van der Waals surface area (Å²) in [6.45, 7) is 1.73. The molecule has 0 spiro atoms. The Hall–Kier alpha value is -2.17. The summed E-state index contributed by atoms with van der Waals surface area (Å²) in [5, 5.41) is 18.0. The number of hydrogen-bond acceptors (Lipinski definition) is 6. The van der Waals surface area contributed by atoms with Gasteiger partial charge in [-0.1, -0.05) is 11.3 Å². The van der Waals surface area contributed by atoms with E-state index in [-0.39, 0.29) is 35.0 Å². The van der Waals surface area contributed by atoms with E-state index in [0.717, 1.165) is 17.5 Å². The van der Waals surface area contributed by atoms with Crippen molar-refractivity contribution in [2.45, 2.75) is 44.4 Å². The Morgan fingerprint density at radius 2 is 2.16 bits per heavy atom. The third kappa shape index (κ3) is 3.20. The number of hydrogen-bond donors (Lipinski definition) is 2. The predicted octanol–water partition coefficient (Wildman–Crippen LogP) is 2.99. The van der Waals surface area contributed by atoms with Gasteiger partial charge in [0.25, 0.3) is 5.91 Å². The van der Waals surface area contributed by atoms with Crippen LogP contribution in [0.4, 0.5) is 24.1 Å². The second kappa shape index (κ2) is 5.68. The number of aromatic nitrogens is 4. The van der Waals surface area contributed by atoms with Gasteiger partial charge in [-0.2, -0.15) is 18.3 Å². The topological polar surface area (TPSA) is 84.7 Å². The van der Waals surface area contributed by atoms with Crippen LogP contribution < -0.4 is 10.6 Å². The number of rotatable bonds is 3. The molecule has 25 heavy (non-hydrogen) atoms. The van der Waals surface area contributed by atoms with Crippen molar-refractivity contribution in [1.82, 2.24) is 20.0 Å². The molecule has 1 aliphatic heterocycles. The zero-order valence-corrected chi connectivity index (χ0v) is 14.0. The highest BCUT2D eigenvalue weighted by Gasteiger charge is 2.49. The monoisotopic (exact) mass is 372 g/mol. The molecule has 2 aromatic rings. The zero-order chi connectivity index (χ0) is 17.8. The van der Waals surface area contributed by atoms with Crippen molar-refractivity contribution in [2.75, 3.05) is 10.6 Å². The molecule has 1 amide bonds. The van der Waals surface area contributed by atoms with Crippen LogP contribution in [-0.4, -0.2) is 38.1 Å². The molecule has 0 unspecified atom stereocenters. The largest absolute Gasteiger partial charge is 0.410 e. The van der Waals surface area contributed by atoms with E-state index in [1.54, 1.807) is 6.92 Å². The fraction of sp³-hybridized carbons (Fsp3) is 0.571. The smallest absolute Gasteiger partial charge is 0.367 e. The van der Waals surface area contributed by atoms with Crippen molar-refractivity contribution in [2.24, 2.45) is 5.92 Å². The third-order valence-corrected chi connectivity index (χ3v) is 5.14. The minimum Gasteiger partial charge on any atom is -0.367 e. The molecule has 3 heterocycles. The Morgan fingerprint density at radius 1 is 1.40 bits per heavy atom. The molecule has 2 atom stereocenters. The van der Waals surface area contributed by atoms with Crippen molar-refractivity contribution < 1.29 is 18.0 Å². The first-order chi connectivity index (χ1) is 11.8. The number of amides is 1.